The molecule has 112 valence electrons. The van der Waals surface area contributed by atoms with Crippen molar-refractivity contribution in [1.29, 1.82) is 0 Å². The number of para-hydroxylation sites is 1. The van der Waals surface area contributed by atoms with Crippen molar-refractivity contribution in [3.05, 3.63) is 63.8 Å². The van der Waals surface area contributed by atoms with Crippen LogP contribution in [0.15, 0.2) is 42.5 Å². The highest BCUT2D eigenvalue weighted by Crippen LogP contribution is 2.27. The molecule has 0 saturated heterocycles. The summed E-state index contributed by atoms with van der Waals surface area (Å²) in [4.78, 5) is 15.7. The lowest BCUT2D eigenvalue weighted by Crippen LogP contribution is -2.12. The minimum Gasteiger partial charge on any atom is -0.485 e. The van der Waals surface area contributed by atoms with Crippen LogP contribution in [0.4, 0.5) is 0 Å². The third-order valence-electron chi connectivity index (χ3n) is 3.43. The molecule has 0 spiro atoms. The van der Waals surface area contributed by atoms with Gasteiger partial charge in [-0.05, 0) is 25.1 Å². The van der Waals surface area contributed by atoms with Gasteiger partial charge in [0.2, 0.25) is 5.78 Å². The number of carbonyl (C=O) groups is 1. The van der Waals surface area contributed by atoms with E-state index in [0.29, 0.717) is 21.4 Å². The molecule has 0 unspecified atom stereocenters. The first-order valence-electron chi connectivity index (χ1n) is 6.74. The minimum absolute atomic E-state index is 0.0549. The summed E-state index contributed by atoms with van der Waals surface area (Å²) in [6.45, 7) is 1.83. The van der Waals surface area contributed by atoms with Crippen molar-refractivity contribution in [1.82, 2.24) is 4.98 Å². The average molecular weight is 334 g/mol. The Morgan fingerprint density at radius 3 is 2.68 bits per heavy atom. The van der Waals surface area contributed by atoms with E-state index in [9.17, 15) is 4.79 Å². The van der Waals surface area contributed by atoms with Crippen LogP contribution in [0.25, 0.3) is 10.9 Å². The first-order chi connectivity index (χ1) is 10.6. The van der Waals surface area contributed by atoms with E-state index in [-0.39, 0.29) is 12.4 Å². The van der Waals surface area contributed by atoms with Crippen molar-refractivity contribution in [2.24, 2.45) is 0 Å². The van der Waals surface area contributed by atoms with E-state index in [1.807, 2.05) is 31.2 Å². The van der Waals surface area contributed by atoms with Gasteiger partial charge in [0.25, 0.3) is 0 Å². The summed E-state index contributed by atoms with van der Waals surface area (Å²) in [7, 11) is 0. The van der Waals surface area contributed by atoms with Crippen LogP contribution in [-0.2, 0) is 0 Å². The largest absolute Gasteiger partial charge is 0.485 e. The number of aromatic amines is 1. The van der Waals surface area contributed by atoms with E-state index in [1.165, 1.54) is 0 Å². The lowest BCUT2D eigenvalue weighted by molar-refractivity contribution is 0.0922. The van der Waals surface area contributed by atoms with Crippen LogP contribution in [0, 0.1) is 6.92 Å². The van der Waals surface area contributed by atoms with Crippen LogP contribution in [0.2, 0.25) is 10.0 Å². The summed E-state index contributed by atoms with van der Waals surface area (Å²) in [5.74, 6) is 0.432. The van der Waals surface area contributed by atoms with Gasteiger partial charge < -0.3 is 9.72 Å². The van der Waals surface area contributed by atoms with Crippen molar-refractivity contribution in [3.63, 3.8) is 0 Å². The number of H-pyrrole nitrogens is 1. The number of aromatic nitrogens is 1. The molecule has 1 heterocycles. The molecule has 0 aliphatic carbocycles. The fourth-order valence-corrected chi connectivity index (χ4v) is 2.71. The van der Waals surface area contributed by atoms with Crippen LogP contribution in [0.5, 0.6) is 5.75 Å². The minimum atomic E-state index is -0.0824. The number of hydrogen-bond acceptors (Lipinski definition) is 2. The monoisotopic (exact) mass is 333 g/mol. The highest BCUT2D eigenvalue weighted by molar-refractivity contribution is 6.42. The molecular weight excluding hydrogens is 321 g/mol. The number of halogens is 2. The maximum atomic E-state index is 12.5. The molecule has 3 aromatic rings. The standard InChI is InChI=1S/C17H13Cl2NO2/c1-10-17(12-4-2-3-5-15(12)20-10)16(21)9-22-11-6-7-13(18)14(19)8-11/h2-8,20H,9H2,1H3. The second-order valence-corrected chi connectivity index (χ2v) is 5.77. The van der Waals surface area contributed by atoms with Gasteiger partial charge in [0, 0.05) is 28.2 Å². The third kappa shape index (κ3) is 2.82. The molecule has 3 rings (SSSR count). The number of nitrogens with one attached hydrogen (secondary N) is 1. The van der Waals surface area contributed by atoms with E-state index >= 15 is 0 Å². The van der Waals surface area contributed by atoms with Gasteiger partial charge in [-0.25, -0.2) is 0 Å². The normalized spacial score (nSPS) is 10.9. The number of benzene rings is 2. The van der Waals surface area contributed by atoms with E-state index in [0.717, 1.165) is 16.6 Å². The van der Waals surface area contributed by atoms with Crippen molar-refractivity contribution < 1.29 is 9.53 Å². The molecule has 0 saturated carbocycles. The summed E-state index contributed by atoms with van der Waals surface area (Å²) >= 11 is 11.8. The highest BCUT2D eigenvalue weighted by atomic mass is 35.5. The maximum absolute atomic E-state index is 12.5. The van der Waals surface area contributed by atoms with Crippen molar-refractivity contribution in [2.45, 2.75) is 6.92 Å². The summed E-state index contributed by atoms with van der Waals surface area (Å²) in [6.07, 6.45) is 0. The average Bonchev–Trinajstić information content (AvgIpc) is 2.84. The number of fused-ring (bicyclic) bond motifs is 1. The molecule has 0 fully saturated rings. The summed E-state index contributed by atoms with van der Waals surface area (Å²) in [5, 5.41) is 1.76. The fourth-order valence-electron chi connectivity index (χ4n) is 2.42. The number of carbonyl (C=O) groups excluding carboxylic acids is 1. The smallest absolute Gasteiger partial charge is 0.202 e. The maximum Gasteiger partial charge on any atom is 0.202 e. The summed E-state index contributed by atoms with van der Waals surface area (Å²) in [6, 6.07) is 12.6. The molecule has 0 amide bonds. The van der Waals surface area contributed by atoms with Gasteiger partial charge in [0.05, 0.1) is 10.0 Å². The van der Waals surface area contributed by atoms with Gasteiger partial charge in [-0.15, -0.1) is 0 Å². The van der Waals surface area contributed by atoms with Gasteiger partial charge in [0.1, 0.15) is 5.75 Å². The van der Waals surface area contributed by atoms with Gasteiger partial charge in [-0.1, -0.05) is 41.4 Å². The van der Waals surface area contributed by atoms with Crippen molar-refractivity contribution in [2.75, 3.05) is 6.61 Å². The number of ketones is 1. The Balaban J connectivity index is 1.81. The zero-order valence-electron chi connectivity index (χ0n) is 11.8. The van der Waals surface area contributed by atoms with Crippen molar-refractivity contribution in [3.8, 4) is 5.75 Å². The van der Waals surface area contributed by atoms with Gasteiger partial charge in [-0.2, -0.15) is 0 Å². The molecule has 0 atom stereocenters. The lowest BCUT2D eigenvalue weighted by atomic mass is 10.1. The Kier molecular flexibility index (Phi) is 4.10. The summed E-state index contributed by atoms with van der Waals surface area (Å²) in [5.41, 5.74) is 2.44. The SMILES string of the molecule is Cc1[nH]c2ccccc2c1C(=O)COc1ccc(Cl)c(Cl)c1. The molecule has 2 aromatic carbocycles. The molecule has 0 bridgehead atoms. The number of hydrogen-bond donors (Lipinski definition) is 1. The van der Waals surface area contributed by atoms with Crippen LogP contribution in [0.1, 0.15) is 16.1 Å². The van der Waals surface area contributed by atoms with Gasteiger partial charge in [-0.3, -0.25) is 4.79 Å². The quantitative estimate of drug-likeness (QED) is 0.679. The Morgan fingerprint density at radius 2 is 1.91 bits per heavy atom. The van der Waals surface area contributed by atoms with E-state index in [4.69, 9.17) is 27.9 Å². The zero-order chi connectivity index (χ0) is 15.7. The molecule has 0 aliphatic heterocycles. The van der Waals surface area contributed by atoms with E-state index in [1.54, 1.807) is 18.2 Å². The lowest BCUT2D eigenvalue weighted by Gasteiger charge is -2.07. The summed E-state index contributed by atoms with van der Waals surface area (Å²) < 4.78 is 5.52. The molecule has 3 nitrogen and oxygen atoms in total. The second-order valence-electron chi connectivity index (χ2n) is 4.96. The van der Waals surface area contributed by atoms with Crippen LogP contribution < -0.4 is 4.74 Å². The Morgan fingerprint density at radius 1 is 1.14 bits per heavy atom. The predicted molar refractivity (Wildman–Crippen MR) is 89.3 cm³/mol. The molecule has 22 heavy (non-hydrogen) atoms. The fraction of sp³-hybridized carbons (Fsp3) is 0.118. The molecule has 0 aliphatic rings. The highest BCUT2D eigenvalue weighted by Gasteiger charge is 2.16. The number of rotatable bonds is 4. The Labute approximate surface area is 137 Å². The number of ether oxygens (including phenoxy) is 1. The second kappa shape index (κ2) is 6.03. The van der Waals surface area contributed by atoms with E-state index in [2.05, 4.69) is 4.98 Å². The molecule has 1 aromatic heterocycles. The van der Waals surface area contributed by atoms with Crippen LogP contribution >= 0.6 is 23.2 Å². The van der Waals surface area contributed by atoms with Gasteiger partial charge in [0.15, 0.2) is 6.61 Å². The topological polar surface area (TPSA) is 42.1 Å². The Bertz CT molecular complexity index is 855. The Hall–Kier alpha value is -1.97. The van der Waals surface area contributed by atoms with Gasteiger partial charge >= 0.3 is 0 Å². The molecule has 1 N–H and O–H groups in total. The van der Waals surface area contributed by atoms with Crippen LogP contribution in [0.3, 0.4) is 0 Å². The number of aryl methyl sites for hydroxylation is 1. The zero-order valence-corrected chi connectivity index (χ0v) is 13.3. The molecule has 5 heteroatoms. The molecular formula is C17H13Cl2NO2. The number of Topliss-reactive ketones (excluding diaryl/α,β-unsaturated/α-hetero) is 1. The first-order valence-corrected chi connectivity index (χ1v) is 7.50. The predicted octanol–water partition coefficient (Wildman–Crippen LogP) is 5.04. The van der Waals surface area contributed by atoms with E-state index < -0.39 is 0 Å². The molecule has 0 radical (unpaired) electrons. The first kappa shape index (κ1) is 14.9. The van der Waals surface area contributed by atoms with Crippen LogP contribution in [-0.4, -0.2) is 17.4 Å². The van der Waals surface area contributed by atoms with Crippen molar-refractivity contribution >= 4 is 39.9 Å². The third-order valence-corrected chi connectivity index (χ3v) is 4.17.